The van der Waals surface area contributed by atoms with Crippen LogP contribution in [0, 0.1) is 0 Å². The third-order valence-corrected chi connectivity index (χ3v) is 2.30. The number of benzene rings is 1. The summed E-state index contributed by atoms with van der Waals surface area (Å²) in [6, 6.07) is 3.38. The molecule has 1 aromatic rings. The standard InChI is InChI=1S/C10H10ClF3O/c1-2-9(15)7-4-3-6(11)5-8(7)10(12,13)14/h3-5,9,15H,2H2,1H3. The predicted octanol–water partition coefficient (Wildman–Crippen LogP) is 3.80. The Labute approximate surface area is 90.5 Å². The Morgan fingerprint density at radius 1 is 1.40 bits per heavy atom. The van der Waals surface area contributed by atoms with E-state index < -0.39 is 17.8 Å². The summed E-state index contributed by atoms with van der Waals surface area (Å²) in [4.78, 5) is 0. The van der Waals surface area contributed by atoms with Gasteiger partial charge in [0.1, 0.15) is 0 Å². The summed E-state index contributed by atoms with van der Waals surface area (Å²) in [5.41, 5.74) is -1.00. The average Bonchev–Trinajstić information content (AvgIpc) is 2.15. The van der Waals surface area contributed by atoms with Gasteiger partial charge in [-0.05, 0) is 24.1 Å². The van der Waals surface area contributed by atoms with E-state index in [2.05, 4.69) is 0 Å². The van der Waals surface area contributed by atoms with Gasteiger partial charge in [-0.15, -0.1) is 0 Å². The topological polar surface area (TPSA) is 20.2 Å². The Morgan fingerprint density at radius 3 is 2.47 bits per heavy atom. The zero-order valence-electron chi connectivity index (χ0n) is 7.98. The van der Waals surface area contributed by atoms with Gasteiger partial charge in [-0.3, -0.25) is 0 Å². The first-order valence-corrected chi connectivity index (χ1v) is 4.78. The molecular weight excluding hydrogens is 229 g/mol. The summed E-state index contributed by atoms with van der Waals surface area (Å²) in [5, 5.41) is 9.43. The summed E-state index contributed by atoms with van der Waals surface area (Å²) in [7, 11) is 0. The Balaban J connectivity index is 3.27. The van der Waals surface area contributed by atoms with Crippen molar-refractivity contribution < 1.29 is 18.3 Å². The molecule has 1 N–H and O–H groups in total. The molecule has 0 radical (unpaired) electrons. The third-order valence-electron chi connectivity index (χ3n) is 2.07. The van der Waals surface area contributed by atoms with Crippen LogP contribution in [0.25, 0.3) is 0 Å². The van der Waals surface area contributed by atoms with E-state index in [1.165, 1.54) is 12.1 Å². The van der Waals surface area contributed by atoms with Gasteiger partial charge in [-0.2, -0.15) is 13.2 Å². The summed E-state index contributed by atoms with van der Waals surface area (Å²) in [6.07, 6.45) is -5.37. The molecular formula is C10H10ClF3O. The van der Waals surface area contributed by atoms with Crippen LogP contribution >= 0.6 is 11.6 Å². The summed E-state index contributed by atoms with van der Waals surface area (Å²) < 4.78 is 37.7. The Morgan fingerprint density at radius 2 is 2.00 bits per heavy atom. The molecule has 1 aromatic carbocycles. The molecule has 15 heavy (non-hydrogen) atoms. The number of aliphatic hydroxyl groups is 1. The minimum absolute atomic E-state index is 0.00868. The molecule has 1 nitrogen and oxygen atoms in total. The fourth-order valence-corrected chi connectivity index (χ4v) is 1.46. The molecule has 1 unspecified atom stereocenters. The van der Waals surface area contributed by atoms with Crippen molar-refractivity contribution in [1.29, 1.82) is 0 Å². The molecule has 0 fully saturated rings. The highest BCUT2D eigenvalue weighted by atomic mass is 35.5. The van der Waals surface area contributed by atoms with Crippen LogP contribution in [0.1, 0.15) is 30.6 Å². The highest BCUT2D eigenvalue weighted by molar-refractivity contribution is 6.30. The number of hydrogen-bond donors (Lipinski definition) is 1. The molecule has 0 aromatic heterocycles. The molecule has 0 amide bonds. The van der Waals surface area contributed by atoms with Gasteiger partial charge < -0.3 is 5.11 Å². The van der Waals surface area contributed by atoms with E-state index in [1.54, 1.807) is 6.92 Å². The van der Waals surface area contributed by atoms with Crippen molar-refractivity contribution in [2.45, 2.75) is 25.6 Å². The second kappa shape index (κ2) is 4.41. The van der Waals surface area contributed by atoms with Gasteiger partial charge in [-0.1, -0.05) is 24.6 Å². The van der Waals surface area contributed by atoms with Gasteiger partial charge in [0, 0.05) is 5.02 Å². The van der Waals surface area contributed by atoms with Crippen molar-refractivity contribution in [3.63, 3.8) is 0 Å². The average molecular weight is 239 g/mol. The first-order chi connectivity index (χ1) is 6.86. The van der Waals surface area contributed by atoms with Crippen molar-refractivity contribution >= 4 is 11.6 Å². The lowest BCUT2D eigenvalue weighted by molar-refractivity contribution is -0.139. The van der Waals surface area contributed by atoms with E-state index in [0.717, 1.165) is 6.07 Å². The largest absolute Gasteiger partial charge is 0.416 e. The Kier molecular flexibility index (Phi) is 3.62. The molecule has 0 aliphatic carbocycles. The van der Waals surface area contributed by atoms with Crippen LogP contribution in [0.15, 0.2) is 18.2 Å². The summed E-state index contributed by atoms with van der Waals surface area (Å²) >= 11 is 5.49. The summed E-state index contributed by atoms with van der Waals surface area (Å²) in [6.45, 7) is 1.61. The van der Waals surface area contributed by atoms with Crippen molar-refractivity contribution in [3.8, 4) is 0 Å². The van der Waals surface area contributed by atoms with Gasteiger partial charge >= 0.3 is 6.18 Å². The highest BCUT2D eigenvalue weighted by Gasteiger charge is 2.34. The first kappa shape index (κ1) is 12.3. The van der Waals surface area contributed by atoms with E-state index in [0.29, 0.717) is 0 Å². The maximum atomic E-state index is 12.6. The molecule has 0 aliphatic heterocycles. The van der Waals surface area contributed by atoms with Crippen LogP contribution in [0.5, 0.6) is 0 Å². The predicted molar refractivity (Wildman–Crippen MR) is 51.7 cm³/mol. The number of alkyl halides is 3. The summed E-state index contributed by atoms with van der Waals surface area (Å²) in [5.74, 6) is 0. The second-order valence-electron chi connectivity index (χ2n) is 3.15. The normalized spacial score (nSPS) is 14.0. The van der Waals surface area contributed by atoms with Gasteiger partial charge in [0.25, 0.3) is 0 Å². The maximum Gasteiger partial charge on any atom is 0.416 e. The van der Waals surface area contributed by atoms with Gasteiger partial charge in [0.2, 0.25) is 0 Å². The smallest absolute Gasteiger partial charge is 0.388 e. The molecule has 0 heterocycles. The SMILES string of the molecule is CCC(O)c1ccc(Cl)cc1C(F)(F)F. The molecule has 0 saturated heterocycles. The Hall–Kier alpha value is -0.740. The molecule has 0 saturated carbocycles. The van der Waals surface area contributed by atoms with Crippen molar-refractivity contribution in [3.05, 3.63) is 34.3 Å². The van der Waals surface area contributed by atoms with Gasteiger partial charge in [0.15, 0.2) is 0 Å². The van der Waals surface area contributed by atoms with Crippen LogP contribution < -0.4 is 0 Å². The van der Waals surface area contributed by atoms with Crippen molar-refractivity contribution in [2.75, 3.05) is 0 Å². The number of rotatable bonds is 2. The van der Waals surface area contributed by atoms with E-state index in [1.807, 2.05) is 0 Å². The van der Waals surface area contributed by atoms with Crippen LogP contribution in [-0.2, 0) is 6.18 Å². The van der Waals surface area contributed by atoms with E-state index in [-0.39, 0.29) is 17.0 Å². The highest BCUT2D eigenvalue weighted by Crippen LogP contribution is 2.36. The molecule has 1 atom stereocenters. The molecule has 0 spiro atoms. The van der Waals surface area contributed by atoms with Crippen LogP contribution in [-0.4, -0.2) is 5.11 Å². The minimum Gasteiger partial charge on any atom is -0.388 e. The molecule has 5 heteroatoms. The zero-order chi connectivity index (χ0) is 11.6. The van der Waals surface area contributed by atoms with Gasteiger partial charge in [0.05, 0.1) is 11.7 Å². The zero-order valence-corrected chi connectivity index (χ0v) is 8.73. The third kappa shape index (κ3) is 2.86. The van der Waals surface area contributed by atoms with Crippen LogP contribution in [0.2, 0.25) is 5.02 Å². The fourth-order valence-electron chi connectivity index (χ4n) is 1.28. The lowest BCUT2D eigenvalue weighted by Gasteiger charge is -2.16. The monoisotopic (exact) mass is 238 g/mol. The quantitative estimate of drug-likeness (QED) is 0.831. The lowest BCUT2D eigenvalue weighted by atomic mass is 10.0. The van der Waals surface area contributed by atoms with Crippen molar-refractivity contribution in [1.82, 2.24) is 0 Å². The van der Waals surface area contributed by atoms with Gasteiger partial charge in [-0.25, -0.2) is 0 Å². The Bertz CT molecular complexity index is 349. The molecule has 84 valence electrons. The molecule has 0 bridgehead atoms. The van der Waals surface area contributed by atoms with Crippen LogP contribution in [0.4, 0.5) is 13.2 Å². The lowest BCUT2D eigenvalue weighted by Crippen LogP contribution is -2.11. The number of halogens is 4. The first-order valence-electron chi connectivity index (χ1n) is 4.41. The number of aliphatic hydroxyl groups excluding tert-OH is 1. The molecule has 0 aliphatic rings. The second-order valence-corrected chi connectivity index (χ2v) is 3.59. The maximum absolute atomic E-state index is 12.6. The molecule has 1 rings (SSSR count). The number of hydrogen-bond acceptors (Lipinski definition) is 1. The van der Waals surface area contributed by atoms with E-state index in [4.69, 9.17) is 11.6 Å². The minimum atomic E-state index is -4.49. The van der Waals surface area contributed by atoms with Crippen molar-refractivity contribution in [2.24, 2.45) is 0 Å². The van der Waals surface area contributed by atoms with E-state index >= 15 is 0 Å². The van der Waals surface area contributed by atoms with Crippen LogP contribution in [0.3, 0.4) is 0 Å². The fraction of sp³-hybridized carbons (Fsp3) is 0.400. The van der Waals surface area contributed by atoms with E-state index in [9.17, 15) is 18.3 Å².